The molecular weight excluding hydrogens is 456 g/mol. The van der Waals surface area contributed by atoms with Crippen LogP contribution < -0.4 is 16.4 Å². The van der Waals surface area contributed by atoms with Gasteiger partial charge < -0.3 is 21.5 Å². The van der Waals surface area contributed by atoms with Crippen molar-refractivity contribution in [3.63, 3.8) is 0 Å². The van der Waals surface area contributed by atoms with Crippen molar-refractivity contribution in [1.29, 1.82) is 5.41 Å². The van der Waals surface area contributed by atoms with E-state index in [0.29, 0.717) is 22.4 Å². The van der Waals surface area contributed by atoms with Crippen LogP contribution in [0.3, 0.4) is 0 Å². The summed E-state index contributed by atoms with van der Waals surface area (Å²) in [5.41, 5.74) is 7.49. The smallest absolute Gasteiger partial charge is 0.336 e. The molecule has 0 spiro atoms. The first-order chi connectivity index (χ1) is 16.9. The van der Waals surface area contributed by atoms with Crippen LogP contribution in [0.4, 0.5) is 5.69 Å². The molecule has 3 aromatic carbocycles. The molecule has 3 aromatic rings. The lowest BCUT2D eigenvalue weighted by molar-refractivity contribution is 0.0697. The second kappa shape index (κ2) is 10.4. The zero-order chi connectivity index (χ0) is 26.6. The molecule has 186 valence electrons. The van der Waals surface area contributed by atoms with E-state index in [2.05, 4.69) is 10.6 Å². The first-order valence-electron chi connectivity index (χ1n) is 11.4. The average molecular weight is 487 g/mol. The van der Waals surface area contributed by atoms with Gasteiger partial charge in [-0.1, -0.05) is 45.0 Å². The van der Waals surface area contributed by atoms with Crippen molar-refractivity contribution < 1.29 is 19.5 Å². The van der Waals surface area contributed by atoms with E-state index in [1.54, 1.807) is 60.7 Å². The van der Waals surface area contributed by atoms with Crippen LogP contribution >= 0.6 is 0 Å². The Morgan fingerprint density at radius 3 is 2.03 bits per heavy atom. The van der Waals surface area contributed by atoms with Crippen LogP contribution in [0.1, 0.15) is 64.3 Å². The monoisotopic (exact) mass is 486 g/mol. The summed E-state index contributed by atoms with van der Waals surface area (Å²) in [6.07, 6.45) is 0. The molecular formula is C28H30N4O4. The van der Waals surface area contributed by atoms with Gasteiger partial charge in [-0.05, 0) is 65.9 Å². The molecule has 0 aliphatic rings. The summed E-state index contributed by atoms with van der Waals surface area (Å²) in [5.74, 6) is -2.09. The highest BCUT2D eigenvalue weighted by atomic mass is 16.4. The molecule has 0 saturated heterocycles. The first-order valence-corrected chi connectivity index (χ1v) is 11.4. The summed E-state index contributed by atoms with van der Waals surface area (Å²) in [7, 11) is 0. The third kappa shape index (κ3) is 5.96. The van der Waals surface area contributed by atoms with Crippen LogP contribution in [0.2, 0.25) is 0 Å². The average Bonchev–Trinajstić information content (AvgIpc) is 2.83. The predicted molar refractivity (Wildman–Crippen MR) is 141 cm³/mol. The molecule has 36 heavy (non-hydrogen) atoms. The number of amides is 2. The third-order valence-electron chi connectivity index (χ3n) is 6.07. The predicted octanol–water partition coefficient (Wildman–Crippen LogP) is 4.75. The van der Waals surface area contributed by atoms with Gasteiger partial charge in [0.2, 0.25) is 0 Å². The lowest BCUT2D eigenvalue weighted by Crippen LogP contribution is -2.41. The number of nitrogens with two attached hydrogens (primary N) is 1. The quantitative estimate of drug-likeness (QED) is 0.242. The lowest BCUT2D eigenvalue weighted by atomic mass is 9.88. The molecule has 0 unspecified atom stereocenters. The van der Waals surface area contributed by atoms with E-state index in [1.807, 2.05) is 27.7 Å². The molecule has 8 heteroatoms. The molecule has 0 aliphatic carbocycles. The molecule has 6 N–H and O–H groups in total. The number of carbonyl (C=O) groups is 3. The maximum absolute atomic E-state index is 13.1. The fourth-order valence-corrected chi connectivity index (χ4v) is 3.44. The third-order valence-corrected chi connectivity index (χ3v) is 6.07. The van der Waals surface area contributed by atoms with Gasteiger partial charge in [0.25, 0.3) is 11.8 Å². The Bertz CT molecular complexity index is 1320. The van der Waals surface area contributed by atoms with Gasteiger partial charge in [-0.2, -0.15) is 0 Å². The Morgan fingerprint density at radius 1 is 0.861 bits per heavy atom. The van der Waals surface area contributed by atoms with Crippen LogP contribution in [0.5, 0.6) is 0 Å². The number of hydrogen-bond acceptors (Lipinski definition) is 4. The van der Waals surface area contributed by atoms with Crippen LogP contribution in [0.25, 0.3) is 11.1 Å². The van der Waals surface area contributed by atoms with Gasteiger partial charge in [-0.3, -0.25) is 15.0 Å². The molecule has 0 saturated carbocycles. The highest BCUT2D eigenvalue weighted by molar-refractivity contribution is 6.11. The van der Waals surface area contributed by atoms with Crippen molar-refractivity contribution in [3.8, 4) is 11.1 Å². The summed E-state index contributed by atoms with van der Waals surface area (Å²) in [4.78, 5) is 38.0. The van der Waals surface area contributed by atoms with Crippen molar-refractivity contribution in [1.82, 2.24) is 5.32 Å². The Hall–Kier alpha value is -4.46. The van der Waals surface area contributed by atoms with Gasteiger partial charge >= 0.3 is 5.97 Å². The van der Waals surface area contributed by atoms with E-state index >= 15 is 0 Å². The van der Waals surface area contributed by atoms with Crippen molar-refractivity contribution in [3.05, 3.63) is 89.0 Å². The van der Waals surface area contributed by atoms with Crippen LogP contribution in [-0.2, 0) is 0 Å². The summed E-state index contributed by atoms with van der Waals surface area (Å²) in [6, 6.07) is 17.5. The SMILES string of the molecule is C[C@@H](NC(=O)c1ccc(-c2ccccc2C(=O)Nc2ccc(C(=N)N)cc2)c(C(=O)O)c1)C(C)(C)C. The minimum atomic E-state index is -1.21. The number of hydrogen-bond donors (Lipinski definition) is 5. The van der Waals surface area contributed by atoms with Gasteiger partial charge in [-0.25, -0.2) is 4.79 Å². The van der Waals surface area contributed by atoms with E-state index in [1.165, 1.54) is 6.07 Å². The Balaban J connectivity index is 1.95. The Labute approximate surface area is 210 Å². The maximum Gasteiger partial charge on any atom is 0.336 e. The molecule has 0 aliphatic heterocycles. The number of carbonyl (C=O) groups excluding carboxylic acids is 2. The summed E-state index contributed by atoms with van der Waals surface area (Å²) < 4.78 is 0. The van der Waals surface area contributed by atoms with Gasteiger partial charge in [0.05, 0.1) is 5.56 Å². The number of rotatable bonds is 7. The summed E-state index contributed by atoms with van der Waals surface area (Å²) in [6.45, 7) is 7.91. The molecule has 1 atom stereocenters. The van der Waals surface area contributed by atoms with Crippen LogP contribution in [-0.4, -0.2) is 34.8 Å². The summed E-state index contributed by atoms with van der Waals surface area (Å²) in [5, 5.41) is 23.1. The minimum Gasteiger partial charge on any atom is -0.478 e. The molecule has 0 heterocycles. The van der Waals surface area contributed by atoms with E-state index in [0.717, 1.165) is 0 Å². The number of nitrogen functional groups attached to an aromatic ring is 1. The second-order valence-electron chi connectivity index (χ2n) is 9.62. The number of benzene rings is 3. The zero-order valence-electron chi connectivity index (χ0n) is 20.7. The van der Waals surface area contributed by atoms with Crippen LogP contribution in [0, 0.1) is 10.8 Å². The summed E-state index contributed by atoms with van der Waals surface area (Å²) >= 11 is 0. The highest BCUT2D eigenvalue weighted by Gasteiger charge is 2.24. The fraction of sp³-hybridized carbons (Fsp3) is 0.214. The van der Waals surface area contributed by atoms with E-state index < -0.39 is 11.9 Å². The van der Waals surface area contributed by atoms with E-state index in [4.69, 9.17) is 11.1 Å². The van der Waals surface area contributed by atoms with Gasteiger partial charge in [0, 0.05) is 28.4 Å². The van der Waals surface area contributed by atoms with Crippen molar-refractivity contribution in [2.24, 2.45) is 11.1 Å². The van der Waals surface area contributed by atoms with Crippen molar-refractivity contribution in [2.75, 3.05) is 5.32 Å². The number of carboxylic acid groups (broad SMARTS) is 1. The Morgan fingerprint density at radius 2 is 1.44 bits per heavy atom. The molecule has 0 radical (unpaired) electrons. The molecule has 8 nitrogen and oxygen atoms in total. The number of amidine groups is 1. The molecule has 3 rings (SSSR count). The molecule has 0 aromatic heterocycles. The first kappa shape index (κ1) is 26.2. The molecule has 0 fully saturated rings. The normalized spacial score (nSPS) is 11.9. The largest absolute Gasteiger partial charge is 0.478 e. The zero-order valence-corrected chi connectivity index (χ0v) is 20.7. The highest BCUT2D eigenvalue weighted by Crippen LogP contribution is 2.29. The fourth-order valence-electron chi connectivity index (χ4n) is 3.44. The number of nitrogens with one attached hydrogen (secondary N) is 3. The molecule has 2 amide bonds. The van der Waals surface area contributed by atoms with Crippen molar-refractivity contribution in [2.45, 2.75) is 33.7 Å². The van der Waals surface area contributed by atoms with Gasteiger partial charge in [-0.15, -0.1) is 0 Å². The second-order valence-corrected chi connectivity index (χ2v) is 9.62. The van der Waals surface area contributed by atoms with E-state index in [-0.39, 0.29) is 39.9 Å². The number of carboxylic acids is 1. The van der Waals surface area contributed by atoms with Crippen LogP contribution in [0.15, 0.2) is 66.7 Å². The van der Waals surface area contributed by atoms with Gasteiger partial charge in [0.1, 0.15) is 5.84 Å². The number of anilines is 1. The standard InChI is InChI=1S/C28H30N4O4/c1-16(28(2,3)4)31-25(33)18-11-14-21(23(15-18)27(35)36)20-7-5-6-8-22(20)26(34)32-19-12-9-17(10-13-19)24(29)30/h5-16H,1-4H3,(H3,29,30)(H,31,33)(H,32,34)(H,35,36)/t16-/m1/s1. The minimum absolute atomic E-state index is 0.0792. The Kier molecular flexibility index (Phi) is 7.58. The topological polar surface area (TPSA) is 145 Å². The molecule has 0 bridgehead atoms. The van der Waals surface area contributed by atoms with Gasteiger partial charge in [0.15, 0.2) is 0 Å². The lowest BCUT2D eigenvalue weighted by Gasteiger charge is -2.28. The maximum atomic E-state index is 13.1. The van der Waals surface area contributed by atoms with Crippen molar-refractivity contribution >= 4 is 29.3 Å². The van der Waals surface area contributed by atoms with E-state index in [9.17, 15) is 19.5 Å². The number of aromatic carboxylic acids is 1.